The number of primary amides is 1. The molecule has 1 aromatic carbocycles. The lowest BCUT2D eigenvalue weighted by molar-refractivity contribution is -0.274. The van der Waals surface area contributed by atoms with Gasteiger partial charge < -0.3 is 10.5 Å². The van der Waals surface area contributed by atoms with Gasteiger partial charge in [-0.3, -0.25) is 9.59 Å². The highest BCUT2D eigenvalue weighted by Gasteiger charge is 2.32. The van der Waals surface area contributed by atoms with Crippen molar-refractivity contribution in [2.24, 2.45) is 5.73 Å². The van der Waals surface area contributed by atoms with Gasteiger partial charge in [0.15, 0.2) is 6.29 Å². The van der Waals surface area contributed by atoms with Crippen LogP contribution in [0.5, 0.6) is 5.75 Å². The molecule has 0 fully saturated rings. The Morgan fingerprint density at radius 1 is 1.38 bits per heavy atom. The second kappa shape index (κ2) is 4.21. The maximum Gasteiger partial charge on any atom is 0.573 e. The molecule has 1 amide bonds. The number of rotatable bonds is 3. The van der Waals surface area contributed by atoms with E-state index < -0.39 is 18.0 Å². The summed E-state index contributed by atoms with van der Waals surface area (Å²) in [6.45, 7) is 0. The fourth-order valence-corrected chi connectivity index (χ4v) is 0.998. The van der Waals surface area contributed by atoms with Gasteiger partial charge in [0, 0.05) is 5.56 Å². The Morgan fingerprint density at radius 2 is 2.00 bits per heavy atom. The molecular formula is C9H6F3NO3. The quantitative estimate of drug-likeness (QED) is 0.804. The number of carbonyl (C=O) groups excluding carboxylic acids is 2. The van der Waals surface area contributed by atoms with E-state index in [0.717, 1.165) is 18.2 Å². The fourth-order valence-electron chi connectivity index (χ4n) is 0.998. The minimum absolute atomic E-state index is 0.176. The van der Waals surface area contributed by atoms with Crippen LogP contribution in [-0.2, 0) is 0 Å². The number of aldehydes is 1. The molecule has 0 spiro atoms. The summed E-state index contributed by atoms with van der Waals surface area (Å²) in [5, 5.41) is 0. The van der Waals surface area contributed by atoms with Gasteiger partial charge in [0.05, 0.1) is 5.56 Å². The first-order valence-corrected chi connectivity index (χ1v) is 3.98. The highest BCUT2D eigenvalue weighted by atomic mass is 19.4. The van der Waals surface area contributed by atoms with E-state index in [2.05, 4.69) is 4.74 Å². The molecule has 16 heavy (non-hydrogen) atoms. The molecular weight excluding hydrogens is 227 g/mol. The van der Waals surface area contributed by atoms with Crippen molar-refractivity contribution in [1.82, 2.24) is 0 Å². The summed E-state index contributed by atoms with van der Waals surface area (Å²) >= 11 is 0. The Bertz CT molecular complexity index is 428. The Kier molecular flexibility index (Phi) is 3.17. The summed E-state index contributed by atoms with van der Waals surface area (Å²) in [7, 11) is 0. The van der Waals surface area contributed by atoms with Crippen molar-refractivity contribution >= 4 is 12.2 Å². The zero-order valence-corrected chi connectivity index (χ0v) is 7.75. The third kappa shape index (κ3) is 2.97. The number of ether oxygens (including phenoxy) is 1. The van der Waals surface area contributed by atoms with Crippen LogP contribution in [0.1, 0.15) is 20.7 Å². The summed E-state index contributed by atoms with van der Waals surface area (Å²) in [4.78, 5) is 21.1. The third-order valence-corrected chi connectivity index (χ3v) is 1.65. The largest absolute Gasteiger partial charge is 0.573 e. The first-order valence-electron chi connectivity index (χ1n) is 3.98. The number of halogens is 3. The van der Waals surface area contributed by atoms with Gasteiger partial charge in [-0.05, 0) is 18.2 Å². The first-order chi connectivity index (χ1) is 7.33. The molecule has 0 radical (unpaired) electrons. The Morgan fingerprint density at radius 3 is 2.44 bits per heavy atom. The van der Waals surface area contributed by atoms with Crippen molar-refractivity contribution < 1.29 is 27.5 Å². The van der Waals surface area contributed by atoms with Gasteiger partial charge in [-0.25, -0.2) is 0 Å². The molecule has 0 saturated heterocycles. The molecule has 1 rings (SSSR count). The van der Waals surface area contributed by atoms with Crippen LogP contribution in [0, 0.1) is 0 Å². The van der Waals surface area contributed by atoms with Crippen LogP contribution in [0.3, 0.4) is 0 Å². The normalized spacial score (nSPS) is 10.9. The molecule has 0 atom stereocenters. The van der Waals surface area contributed by atoms with Crippen LogP contribution in [-0.4, -0.2) is 18.6 Å². The van der Waals surface area contributed by atoms with Crippen molar-refractivity contribution in [1.29, 1.82) is 0 Å². The van der Waals surface area contributed by atoms with Crippen LogP contribution in [0.2, 0.25) is 0 Å². The fraction of sp³-hybridized carbons (Fsp3) is 0.111. The number of alkyl halides is 3. The van der Waals surface area contributed by atoms with E-state index in [0.29, 0.717) is 0 Å². The highest BCUT2D eigenvalue weighted by molar-refractivity contribution is 5.94. The molecule has 7 heteroatoms. The van der Waals surface area contributed by atoms with Crippen LogP contribution in [0.25, 0.3) is 0 Å². The molecule has 0 aliphatic heterocycles. The molecule has 0 bridgehead atoms. The van der Waals surface area contributed by atoms with Gasteiger partial charge in [0.1, 0.15) is 5.75 Å². The Labute approximate surface area is 87.8 Å². The van der Waals surface area contributed by atoms with Gasteiger partial charge in [-0.2, -0.15) is 0 Å². The standard InChI is InChI=1S/C9H6F3NO3/c10-9(11,12)16-7-3-5(8(13)15)1-2-6(7)4-14/h1-4H,(H2,13,15). The minimum atomic E-state index is -4.94. The SMILES string of the molecule is NC(=O)c1ccc(C=O)c(OC(F)(F)F)c1. The number of benzene rings is 1. The topological polar surface area (TPSA) is 69.4 Å². The number of hydrogen-bond acceptors (Lipinski definition) is 3. The van der Waals surface area contributed by atoms with Crippen LogP contribution >= 0.6 is 0 Å². The average molecular weight is 233 g/mol. The van der Waals surface area contributed by atoms with E-state index in [4.69, 9.17) is 5.73 Å². The van der Waals surface area contributed by atoms with E-state index in [-0.39, 0.29) is 17.4 Å². The average Bonchev–Trinajstić information content (AvgIpc) is 2.15. The van der Waals surface area contributed by atoms with Gasteiger partial charge in [-0.15, -0.1) is 13.2 Å². The molecule has 1 aromatic rings. The Balaban J connectivity index is 3.17. The van der Waals surface area contributed by atoms with Gasteiger partial charge >= 0.3 is 6.36 Å². The predicted octanol–water partition coefficient (Wildman–Crippen LogP) is 1.50. The van der Waals surface area contributed by atoms with Gasteiger partial charge in [0.2, 0.25) is 5.91 Å². The highest BCUT2D eigenvalue weighted by Crippen LogP contribution is 2.26. The maximum atomic E-state index is 11.9. The van der Waals surface area contributed by atoms with Crippen molar-refractivity contribution in [3.05, 3.63) is 29.3 Å². The molecule has 2 N–H and O–H groups in total. The maximum absolute atomic E-state index is 11.9. The van der Waals surface area contributed by atoms with E-state index in [1.165, 1.54) is 0 Å². The smallest absolute Gasteiger partial charge is 0.405 e. The molecule has 0 aromatic heterocycles. The summed E-state index contributed by atoms with van der Waals surface area (Å²) in [5.41, 5.74) is 4.38. The second-order valence-corrected chi connectivity index (χ2v) is 2.78. The van der Waals surface area contributed by atoms with Crippen LogP contribution in [0.4, 0.5) is 13.2 Å². The summed E-state index contributed by atoms with van der Waals surface area (Å²) in [6, 6.07) is 2.92. The van der Waals surface area contributed by atoms with Crippen molar-refractivity contribution in [3.63, 3.8) is 0 Å². The summed E-state index contributed by atoms with van der Waals surface area (Å²) < 4.78 is 39.4. The number of hydrogen-bond donors (Lipinski definition) is 1. The lowest BCUT2D eigenvalue weighted by atomic mass is 10.1. The predicted molar refractivity (Wildman–Crippen MR) is 47.0 cm³/mol. The van der Waals surface area contributed by atoms with E-state index >= 15 is 0 Å². The number of carbonyl (C=O) groups is 2. The number of amides is 1. The third-order valence-electron chi connectivity index (χ3n) is 1.65. The number of nitrogens with two attached hydrogens (primary N) is 1. The summed E-state index contributed by atoms with van der Waals surface area (Å²) in [6.07, 6.45) is -4.75. The second-order valence-electron chi connectivity index (χ2n) is 2.78. The lowest BCUT2D eigenvalue weighted by Crippen LogP contribution is -2.19. The minimum Gasteiger partial charge on any atom is -0.405 e. The molecule has 0 heterocycles. The zero-order valence-electron chi connectivity index (χ0n) is 7.75. The summed E-state index contributed by atoms with van der Waals surface area (Å²) in [5.74, 6) is -1.66. The molecule has 0 aliphatic carbocycles. The monoisotopic (exact) mass is 233 g/mol. The van der Waals surface area contributed by atoms with Crippen molar-refractivity contribution in [3.8, 4) is 5.75 Å². The lowest BCUT2D eigenvalue weighted by Gasteiger charge is -2.11. The van der Waals surface area contributed by atoms with Gasteiger partial charge in [0.25, 0.3) is 0 Å². The molecule has 0 unspecified atom stereocenters. The van der Waals surface area contributed by atoms with Gasteiger partial charge in [-0.1, -0.05) is 0 Å². The van der Waals surface area contributed by atoms with Crippen molar-refractivity contribution in [2.75, 3.05) is 0 Å². The zero-order chi connectivity index (χ0) is 12.3. The Hall–Kier alpha value is -2.05. The van der Waals surface area contributed by atoms with Crippen LogP contribution < -0.4 is 10.5 Å². The molecule has 4 nitrogen and oxygen atoms in total. The molecule has 0 aliphatic rings. The van der Waals surface area contributed by atoms with E-state index in [9.17, 15) is 22.8 Å². The van der Waals surface area contributed by atoms with E-state index in [1.54, 1.807) is 0 Å². The van der Waals surface area contributed by atoms with E-state index in [1.807, 2.05) is 0 Å². The van der Waals surface area contributed by atoms with Crippen LogP contribution in [0.15, 0.2) is 18.2 Å². The molecule has 0 saturated carbocycles. The van der Waals surface area contributed by atoms with Crippen molar-refractivity contribution in [2.45, 2.75) is 6.36 Å². The first kappa shape index (κ1) is 12.0. The molecule has 86 valence electrons.